The number of nitrogens with two attached hydrogens (primary N) is 1. The first-order valence-electron chi connectivity index (χ1n) is 5.22. The van der Waals surface area contributed by atoms with Crippen molar-refractivity contribution in [3.63, 3.8) is 0 Å². The summed E-state index contributed by atoms with van der Waals surface area (Å²) in [5.74, 6) is 1.01. The Hall–Kier alpha value is -1.02. The zero-order valence-electron chi connectivity index (χ0n) is 8.84. The second-order valence-corrected chi connectivity index (χ2v) is 3.81. The Labute approximate surface area is 85.1 Å². The Morgan fingerprint density at radius 2 is 2.29 bits per heavy atom. The lowest BCUT2D eigenvalue weighted by molar-refractivity contribution is 0.409. The lowest BCUT2D eigenvalue weighted by atomic mass is 9.99. The van der Waals surface area contributed by atoms with Crippen LogP contribution in [0.5, 0.6) is 5.75 Å². The Morgan fingerprint density at radius 3 is 2.93 bits per heavy atom. The third kappa shape index (κ3) is 1.30. The molecule has 76 valence electrons. The Morgan fingerprint density at radius 1 is 1.50 bits per heavy atom. The van der Waals surface area contributed by atoms with E-state index in [-0.39, 0.29) is 6.04 Å². The van der Waals surface area contributed by atoms with E-state index < -0.39 is 0 Å². The van der Waals surface area contributed by atoms with Gasteiger partial charge in [0.1, 0.15) is 5.75 Å². The van der Waals surface area contributed by atoms with Crippen LogP contribution >= 0.6 is 0 Å². The Balaban J connectivity index is 2.54. The van der Waals surface area contributed by atoms with Crippen LogP contribution < -0.4 is 10.5 Å². The van der Waals surface area contributed by atoms with Gasteiger partial charge in [0.25, 0.3) is 0 Å². The quantitative estimate of drug-likeness (QED) is 0.777. The summed E-state index contributed by atoms with van der Waals surface area (Å²) in [7, 11) is 1.73. The summed E-state index contributed by atoms with van der Waals surface area (Å²) in [6.45, 7) is 2.17. The summed E-state index contributed by atoms with van der Waals surface area (Å²) in [5.41, 5.74) is 10.1. The minimum atomic E-state index is 0.237. The Bertz CT molecular complexity index is 346. The van der Waals surface area contributed by atoms with E-state index in [1.807, 2.05) is 6.07 Å². The fourth-order valence-electron chi connectivity index (χ4n) is 2.37. The van der Waals surface area contributed by atoms with Crippen molar-refractivity contribution in [2.75, 3.05) is 7.11 Å². The number of hydrogen-bond donors (Lipinski definition) is 1. The summed E-state index contributed by atoms with van der Waals surface area (Å²) in [5, 5.41) is 0. The molecule has 1 aromatic carbocycles. The van der Waals surface area contributed by atoms with Crippen molar-refractivity contribution in [3.05, 3.63) is 28.8 Å². The maximum atomic E-state index is 6.02. The van der Waals surface area contributed by atoms with E-state index in [2.05, 4.69) is 13.0 Å². The topological polar surface area (TPSA) is 35.2 Å². The van der Waals surface area contributed by atoms with Gasteiger partial charge in [0.05, 0.1) is 7.11 Å². The molecule has 14 heavy (non-hydrogen) atoms. The van der Waals surface area contributed by atoms with E-state index in [0.717, 1.165) is 25.0 Å². The maximum absolute atomic E-state index is 6.02. The lowest BCUT2D eigenvalue weighted by Gasteiger charge is -2.12. The predicted octanol–water partition coefficient (Wildman–Crippen LogP) is 2.20. The molecule has 2 nitrogen and oxygen atoms in total. The highest BCUT2D eigenvalue weighted by Crippen LogP contribution is 2.36. The van der Waals surface area contributed by atoms with Crippen LogP contribution in [0.15, 0.2) is 12.1 Å². The SMILES string of the molecule is CCc1c(OC)ccc2c1CC[C@H]2N. The summed E-state index contributed by atoms with van der Waals surface area (Å²) < 4.78 is 5.36. The van der Waals surface area contributed by atoms with Gasteiger partial charge in [-0.3, -0.25) is 0 Å². The predicted molar refractivity (Wildman–Crippen MR) is 57.6 cm³/mol. The highest BCUT2D eigenvalue weighted by atomic mass is 16.5. The molecular formula is C12H17NO. The molecule has 1 aliphatic carbocycles. The molecule has 1 aliphatic rings. The monoisotopic (exact) mass is 191 g/mol. The molecule has 0 aromatic heterocycles. The van der Waals surface area contributed by atoms with Gasteiger partial charge in [-0.2, -0.15) is 0 Å². The van der Waals surface area contributed by atoms with Crippen molar-refractivity contribution < 1.29 is 4.74 Å². The van der Waals surface area contributed by atoms with Gasteiger partial charge >= 0.3 is 0 Å². The fourth-order valence-corrected chi connectivity index (χ4v) is 2.37. The highest BCUT2D eigenvalue weighted by Gasteiger charge is 2.22. The smallest absolute Gasteiger partial charge is 0.122 e. The molecule has 0 bridgehead atoms. The van der Waals surface area contributed by atoms with Crippen molar-refractivity contribution in [3.8, 4) is 5.75 Å². The molecule has 2 rings (SSSR count). The van der Waals surface area contributed by atoms with Gasteiger partial charge in [0.15, 0.2) is 0 Å². The number of methoxy groups -OCH3 is 1. The van der Waals surface area contributed by atoms with Crippen molar-refractivity contribution in [2.24, 2.45) is 5.73 Å². The molecule has 2 N–H and O–H groups in total. The van der Waals surface area contributed by atoms with Gasteiger partial charge < -0.3 is 10.5 Å². The highest BCUT2D eigenvalue weighted by molar-refractivity contribution is 5.48. The van der Waals surface area contributed by atoms with E-state index >= 15 is 0 Å². The number of benzene rings is 1. The number of rotatable bonds is 2. The fraction of sp³-hybridized carbons (Fsp3) is 0.500. The van der Waals surface area contributed by atoms with Gasteiger partial charge in [-0.15, -0.1) is 0 Å². The molecule has 2 heteroatoms. The van der Waals surface area contributed by atoms with Crippen molar-refractivity contribution in [1.29, 1.82) is 0 Å². The molecular weight excluding hydrogens is 174 g/mol. The van der Waals surface area contributed by atoms with Gasteiger partial charge in [-0.25, -0.2) is 0 Å². The zero-order valence-corrected chi connectivity index (χ0v) is 8.84. The molecule has 0 unspecified atom stereocenters. The summed E-state index contributed by atoms with van der Waals surface area (Å²) in [6.07, 6.45) is 3.21. The van der Waals surface area contributed by atoms with Crippen LogP contribution in [0.2, 0.25) is 0 Å². The summed E-state index contributed by atoms with van der Waals surface area (Å²) in [6, 6.07) is 4.40. The maximum Gasteiger partial charge on any atom is 0.122 e. The van der Waals surface area contributed by atoms with Gasteiger partial charge in [-0.1, -0.05) is 13.0 Å². The number of ether oxygens (including phenoxy) is 1. The molecule has 0 heterocycles. The van der Waals surface area contributed by atoms with Crippen LogP contribution in [-0.2, 0) is 12.8 Å². The molecule has 0 aliphatic heterocycles. The lowest BCUT2D eigenvalue weighted by Crippen LogP contribution is -2.05. The average Bonchev–Trinajstić information content (AvgIpc) is 2.59. The molecule has 0 spiro atoms. The van der Waals surface area contributed by atoms with Gasteiger partial charge in [-0.05, 0) is 42.0 Å². The van der Waals surface area contributed by atoms with Crippen LogP contribution in [0, 0.1) is 0 Å². The van der Waals surface area contributed by atoms with E-state index in [0.29, 0.717) is 0 Å². The number of fused-ring (bicyclic) bond motifs is 1. The van der Waals surface area contributed by atoms with Crippen LogP contribution in [-0.4, -0.2) is 7.11 Å². The van der Waals surface area contributed by atoms with Gasteiger partial charge in [0.2, 0.25) is 0 Å². The number of hydrogen-bond acceptors (Lipinski definition) is 2. The molecule has 0 saturated heterocycles. The third-order valence-electron chi connectivity index (χ3n) is 3.10. The molecule has 1 atom stereocenters. The van der Waals surface area contributed by atoms with Crippen molar-refractivity contribution in [2.45, 2.75) is 32.2 Å². The summed E-state index contributed by atoms with van der Waals surface area (Å²) in [4.78, 5) is 0. The van der Waals surface area contributed by atoms with Crippen LogP contribution in [0.25, 0.3) is 0 Å². The molecule has 0 saturated carbocycles. The second-order valence-electron chi connectivity index (χ2n) is 3.81. The first kappa shape index (κ1) is 9.53. The molecule has 0 amide bonds. The van der Waals surface area contributed by atoms with Crippen molar-refractivity contribution >= 4 is 0 Å². The molecule has 0 radical (unpaired) electrons. The molecule has 0 fully saturated rings. The minimum Gasteiger partial charge on any atom is -0.496 e. The van der Waals surface area contributed by atoms with Crippen molar-refractivity contribution in [1.82, 2.24) is 0 Å². The van der Waals surface area contributed by atoms with E-state index in [1.165, 1.54) is 16.7 Å². The third-order valence-corrected chi connectivity index (χ3v) is 3.10. The van der Waals surface area contributed by atoms with Crippen LogP contribution in [0.4, 0.5) is 0 Å². The van der Waals surface area contributed by atoms with Crippen LogP contribution in [0.1, 0.15) is 36.1 Å². The normalized spacial score (nSPS) is 19.5. The minimum absolute atomic E-state index is 0.237. The first-order valence-corrected chi connectivity index (χ1v) is 5.22. The zero-order chi connectivity index (χ0) is 10.1. The first-order chi connectivity index (χ1) is 6.77. The van der Waals surface area contributed by atoms with Gasteiger partial charge in [0, 0.05) is 6.04 Å². The van der Waals surface area contributed by atoms with E-state index in [9.17, 15) is 0 Å². The average molecular weight is 191 g/mol. The summed E-state index contributed by atoms with van der Waals surface area (Å²) >= 11 is 0. The standard InChI is InChI=1S/C12H17NO/c1-3-8-9-4-6-11(13)10(9)5-7-12(8)14-2/h5,7,11H,3-4,6,13H2,1-2H3/t11-/m1/s1. The Kier molecular flexibility index (Phi) is 2.46. The van der Waals surface area contributed by atoms with E-state index in [1.54, 1.807) is 7.11 Å². The van der Waals surface area contributed by atoms with E-state index in [4.69, 9.17) is 10.5 Å². The van der Waals surface area contributed by atoms with Crippen LogP contribution in [0.3, 0.4) is 0 Å². The second kappa shape index (κ2) is 3.62. The largest absolute Gasteiger partial charge is 0.496 e. The molecule has 1 aromatic rings.